The van der Waals surface area contributed by atoms with Crippen molar-refractivity contribution >= 4 is 17.7 Å². The zero-order chi connectivity index (χ0) is 26.6. The highest BCUT2D eigenvalue weighted by Gasteiger charge is 2.39. The number of carbonyl (C=O) groups is 3. The fourth-order valence-electron chi connectivity index (χ4n) is 4.68. The lowest BCUT2D eigenvalue weighted by Crippen LogP contribution is -2.47. The Bertz CT molecular complexity index is 1120. The Morgan fingerprint density at radius 1 is 1.19 bits per heavy atom. The van der Waals surface area contributed by atoms with Crippen molar-refractivity contribution in [3.8, 4) is 11.5 Å². The van der Waals surface area contributed by atoms with Crippen LogP contribution in [0.3, 0.4) is 0 Å². The van der Waals surface area contributed by atoms with Crippen LogP contribution >= 0.6 is 0 Å². The maximum Gasteiger partial charge on any atom is 0.389 e. The molecular formula is C25H29F3N4O5. The second-order valence-electron chi connectivity index (χ2n) is 9.12. The van der Waals surface area contributed by atoms with E-state index >= 15 is 0 Å². The number of nitrogens with zero attached hydrogens (tertiary/aromatic N) is 2. The molecule has 37 heavy (non-hydrogen) atoms. The molecule has 2 N–H and O–H groups in total. The standard InChI is InChI=1S/C25H29F3N4O5/c1-36-20-6-5-16-12-21(20)37-11-3-10-31(24(35)18-4-2-9-29-18)15-22(33)30-19-14-32(13-17(16)19)23(34)7-8-25(26,27)28/h2,4-6,9,12,17,19,29H,3,7-8,10-11,13-15H2,1H3,(H,30,33)/t17-,19+/m1/s1. The molecule has 1 saturated heterocycles. The van der Waals surface area contributed by atoms with E-state index < -0.39 is 36.9 Å². The summed E-state index contributed by atoms with van der Waals surface area (Å²) < 4.78 is 49.4. The Balaban J connectivity index is 1.59. The number of benzene rings is 1. The smallest absolute Gasteiger partial charge is 0.389 e. The summed E-state index contributed by atoms with van der Waals surface area (Å²) in [6.45, 7) is 0.484. The van der Waals surface area contributed by atoms with Crippen molar-refractivity contribution in [3.63, 3.8) is 0 Å². The predicted octanol–water partition coefficient (Wildman–Crippen LogP) is 2.70. The number of fused-ring (bicyclic) bond motifs is 4. The van der Waals surface area contributed by atoms with Crippen LogP contribution < -0.4 is 14.8 Å². The van der Waals surface area contributed by atoms with Gasteiger partial charge in [-0.2, -0.15) is 13.2 Å². The minimum atomic E-state index is -4.44. The molecular weight excluding hydrogens is 493 g/mol. The zero-order valence-corrected chi connectivity index (χ0v) is 20.3. The maximum absolute atomic E-state index is 13.1. The number of hydrogen-bond acceptors (Lipinski definition) is 5. The van der Waals surface area contributed by atoms with E-state index in [-0.39, 0.29) is 44.6 Å². The van der Waals surface area contributed by atoms with Gasteiger partial charge >= 0.3 is 6.18 Å². The summed E-state index contributed by atoms with van der Waals surface area (Å²) in [5.41, 5.74) is 1.09. The first-order chi connectivity index (χ1) is 17.6. The molecule has 2 aliphatic heterocycles. The highest BCUT2D eigenvalue weighted by molar-refractivity contribution is 5.95. The molecule has 0 aliphatic carbocycles. The maximum atomic E-state index is 13.1. The molecule has 12 heteroatoms. The molecule has 0 unspecified atom stereocenters. The van der Waals surface area contributed by atoms with Crippen LogP contribution in [0.1, 0.15) is 41.2 Å². The van der Waals surface area contributed by atoms with Gasteiger partial charge in [0, 0.05) is 38.2 Å². The predicted molar refractivity (Wildman–Crippen MR) is 126 cm³/mol. The van der Waals surface area contributed by atoms with Gasteiger partial charge < -0.3 is 29.6 Å². The third-order valence-electron chi connectivity index (χ3n) is 6.54. The van der Waals surface area contributed by atoms with E-state index in [0.717, 1.165) is 5.56 Å². The van der Waals surface area contributed by atoms with Gasteiger partial charge in [-0.3, -0.25) is 14.4 Å². The number of aromatic nitrogens is 1. The molecule has 4 rings (SSSR count). The molecule has 2 bridgehead atoms. The number of likely N-dealkylation sites (tertiary alicyclic amines) is 1. The molecule has 0 spiro atoms. The summed E-state index contributed by atoms with van der Waals surface area (Å²) in [7, 11) is 1.51. The minimum Gasteiger partial charge on any atom is -0.493 e. The number of carbonyl (C=O) groups excluding carboxylic acids is 3. The van der Waals surface area contributed by atoms with Crippen molar-refractivity contribution in [3.05, 3.63) is 47.8 Å². The first-order valence-corrected chi connectivity index (χ1v) is 12.0. The lowest BCUT2D eigenvalue weighted by Gasteiger charge is -2.24. The number of rotatable bonds is 4. The van der Waals surface area contributed by atoms with Crippen LogP contribution in [-0.4, -0.2) is 84.6 Å². The number of alkyl halides is 3. The molecule has 2 aromatic rings. The number of halogens is 3. The van der Waals surface area contributed by atoms with Crippen LogP contribution in [0.5, 0.6) is 11.5 Å². The summed E-state index contributed by atoms with van der Waals surface area (Å²) in [4.78, 5) is 44.2. The highest BCUT2D eigenvalue weighted by Crippen LogP contribution is 2.35. The molecule has 2 aliphatic rings. The molecule has 0 radical (unpaired) electrons. The van der Waals surface area contributed by atoms with Gasteiger partial charge in [0.2, 0.25) is 11.8 Å². The SMILES string of the molecule is COc1ccc2cc1OCCCN(C(=O)c1ccc[nH]1)CC(=O)N[C@H]1CN(C(=O)CCC(F)(F)F)C[C@H]21. The van der Waals surface area contributed by atoms with Gasteiger partial charge in [-0.1, -0.05) is 6.07 Å². The van der Waals surface area contributed by atoms with Gasteiger partial charge in [0.1, 0.15) is 5.69 Å². The van der Waals surface area contributed by atoms with Crippen LogP contribution in [0.25, 0.3) is 0 Å². The van der Waals surface area contributed by atoms with Gasteiger partial charge in [0.15, 0.2) is 11.5 Å². The van der Waals surface area contributed by atoms with Crippen LogP contribution in [0.15, 0.2) is 36.5 Å². The van der Waals surface area contributed by atoms with Gasteiger partial charge in [-0.15, -0.1) is 0 Å². The average Bonchev–Trinajstić information content (AvgIpc) is 3.53. The molecule has 9 nitrogen and oxygen atoms in total. The van der Waals surface area contributed by atoms with Crippen LogP contribution in [0.2, 0.25) is 0 Å². The van der Waals surface area contributed by atoms with Crippen molar-refractivity contribution in [2.45, 2.75) is 37.4 Å². The summed E-state index contributed by atoms with van der Waals surface area (Å²) in [6, 6.07) is 8.02. The lowest BCUT2D eigenvalue weighted by atomic mass is 9.94. The number of nitrogens with one attached hydrogen (secondary N) is 2. The lowest BCUT2D eigenvalue weighted by molar-refractivity contribution is -0.148. The molecule has 3 heterocycles. The molecule has 0 saturated carbocycles. The van der Waals surface area contributed by atoms with E-state index in [1.807, 2.05) is 0 Å². The van der Waals surface area contributed by atoms with Crippen molar-refractivity contribution < 1.29 is 37.0 Å². The molecule has 1 aromatic carbocycles. The van der Waals surface area contributed by atoms with Crippen molar-refractivity contribution in [2.24, 2.45) is 0 Å². The van der Waals surface area contributed by atoms with E-state index in [2.05, 4.69) is 10.3 Å². The van der Waals surface area contributed by atoms with E-state index in [4.69, 9.17) is 9.47 Å². The molecule has 2 atom stereocenters. The van der Waals surface area contributed by atoms with E-state index in [1.54, 1.807) is 36.5 Å². The quantitative estimate of drug-likeness (QED) is 0.643. The summed E-state index contributed by atoms with van der Waals surface area (Å²) in [6.07, 6.45) is -4.23. The first-order valence-electron chi connectivity index (χ1n) is 12.0. The zero-order valence-electron chi connectivity index (χ0n) is 20.3. The molecule has 3 amide bonds. The Morgan fingerprint density at radius 3 is 2.70 bits per heavy atom. The van der Waals surface area contributed by atoms with Gasteiger partial charge in [0.25, 0.3) is 5.91 Å². The third kappa shape index (κ3) is 6.55. The normalized spacial score (nSPS) is 20.6. The van der Waals surface area contributed by atoms with Gasteiger partial charge in [-0.05, 0) is 36.2 Å². The largest absolute Gasteiger partial charge is 0.493 e. The fourth-order valence-corrected chi connectivity index (χ4v) is 4.68. The Kier molecular flexibility index (Phi) is 7.94. The second-order valence-corrected chi connectivity index (χ2v) is 9.12. The van der Waals surface area contributed by atoms with Crippen molar-refractivity contribution in [1.29, 1.82) is 0 Å². The molecule has 200 valence electrons. The number of hydrogen-bond donors (Lipinski definition) is 2. The second kappa shape index (κ2) is 11.1. The van der Waals surface area contributed by atoms with E-state index in [9.17, 15) is 27.6 Å². The van der Waals surface area contributed by atoms with E-state index in [0.29, 0.717) is 23.6 Å². The number of amides is 3. The summed E-state index contributed by atoms with van der Waals surface area (Å²) in [5, 5.41) is 2.91. The fraction of sp³-hybridized carbons (Fsp3) is 0.480. The summed E-state index contributed by atoms with van der Waals surface area (Å²) in [5.74, 6) is -0.828. The monoisotopic (exact) mass is 522 g/mol. The minimum absolute atomic E-state index is 0.0554. The van der Waals surface area contributed by atoms with Crippen LogP contribution in [0, 0.1) is 0 Å². The van der Waals surface area contributed by atoms with Crippen LogP contribution in [-0.2, 0) is 9.59 Å². The number of aromatic amines is 1. The average molecular weight is 523 g/mol. The van der Waals surface area contributed by atoms with Crippen molar-refractivity contribution in [2.75, 3.05) is 39.9 Å². The van der Waals surface area contributed by atoms with Crippen molar-refractivity contribution in [1.82, 2.24) is 20.1 Å². The third-order valence-corrected chi connectivity index (χ3v) is 6.54. The highest BCUT2D eigenvalue weighted by atomic mass is 19.4. The van der Waals surface area contributed by atoms with Gasteiger partial charge in [0.05, 0.1) is 32.7 Å². The Labute approximate surface area is 211 Å². The molecule has 1 fully saturated rings. The summed E-state index contributed by atoms with van der Waals surface area (Å²) >= 11 is 0. The number of H-pyrrole nitrogens is 1. The Morgan fingerprint density at radius 2 is 2.00 bits per heavy atom. The Hall–Kier alpha value is -3.70. The van der Waals surface area contributed by atoms with Gasteiger partial charge in [-0.25, -0.2) is 0 Å². The van der Waals surface area contributed by atoms with Crippen LogP contribution in [0.4, 0.5) is 13.2 Å². The first kappa shape index (κ1) is 26.4. The number of methoxy groups -OCH3 is 1. The topological polar surface area (TPSA) is 104 Å². The number of ether oxygens (including phenoxy) is 2. The molecule has 1 aromatic heterocycles. The van der Waals surface area contributed by atoms with E-state index in [1.165, 1.54) is 16.9 Å².